The van der Waals surface area contributed by atoms with Crippen molar-refractivity contribution in [1.82, 2.24) is 5.32 Å². The zero-order chi connectivity index (χ0) is 17.3. The highest BCUT2D eigenvalue weighted by molar-refractivity contribution is 9.10. The zero-order valence-corrected chi connectivity index (χ0v) is 14.3. The summed E-state index contributed by atoms with van der Waals surface area (Å²) < 4.78 is 5.89. The quantitative estimate of drug-likeness (QED) is 0.816. The lowest BCUT2D eigenvalue weighted by molar-refractivity contribution is 0.0974. The molecule has 5 nitrogen and oxygen atoms in total. The van der Waals surface area contributed by atoms with Gasteiger partial charge in [-0.25, -0.2) is 4.79 Å². The molecule has 7 heteroatoms. The van der Waals surface area contributed by atoms with Crippen LogP contribution in [0.5, 0.6) is 5.75 Å². The van der Waals surface area contributed by atoms with E-state index in [9.17, 15) is 14.4 Å². The van der Waals surface area contributed by atoms with Crippen LogP contribution in [0.3, 0.4) is 0 Å². The molecule has 1 N–H and O–H groups in total. The SMILES string of the molecule is O=C(NC1=C(Cl)C(=O)c2ccccc2C1=O)Oc1ccc(Br)cc1. The summed E-state index contributed by atoms with van der Waals surface area (Å²) >= 11 is 9.22. The average Bonchev–Trinajstić information content (AvgIpc) is 2.59. The van der Waals surface area contributed by atoms with Crippen molar-refractivity contribution < 1.29 is 19.1 Å². The number of carbonyl (C=O) groups is 3. The molecule has 1 aliphatic rings. The molecule has 0 fully saturated rings. The number of benzene rings is 2. The standard InChI is InChI=1S/C17H9BrClNO4/c18-9-5-7-10(8-6-9)24-17(23)20-14-13(19)15(21)11-3-1-2-4-12(11)16(14)22/h1-8H,(H,20,23). The molecule has 2 aromatic rings. The van der Waals surface area contributed by atoms with E-state index < -0.39 is 17.7 Å². The van der Waals surface area contributed by atoms with E-state index >= 15 is 0 Å². The van der Waals surface area contributed by atoms with Gasteiger partial charge in [0.2, 0.25) is 11.6 Å². The lowest BCUT2D eigenvalue weighted by Gasteiger charge is -2.17. The lowest BCUT2D eigenvalue weighted by atomic mass is 9.92. The highest BCUT2D eigenvalue weighted by Gasteiger charge is 2.32. The van der Waals surface area contributed by atoms with Gasteiger partial charge in [-0.2, -0.15) is 0 Å². The molecule has 0 heterocycles. The second-order valence-corrected chi connectivity index (χ2v) is 6.15. The number of Topliss-reactive ketones (excluding diaryl/α,β-unsaturated/α-hetero) is 2. The van der Waals surface area contributed by atoms with Gasteiger partial charge in [-0.3, -0.25) is 14.9 Å². The summed E-state index contributed by atoms with van der Waals surface area (Å²) in [5, 5.41) is 1.92. The monoisotopic (exact) mass is 405 g/mol. The Hall–Kier alpha value is -2.44. The number of amides is 1. The lowest BCUT2D eigenvalue weighted by Crippen LogP contribution is -2.34. The first-order valence-corrected chi connectivity index (χ1v) is 7.97. The Kier molecular flexibility index (Phi) is 4.51. The normalized spacial score (nSPS) is 13.6. The predicted octanol–water partition coefficient (Wildman–Crippen LogP) is 4.07. The van der Waals surface area contributed by atoms with Crippen molar-refractivity contribution in [1.29, 1.82) is 0 Å². The van der Waals surface area contributed by atoms with Crippen LogP contribution in [0.15, 0.2) is 63.7 Å². The second kappa shape index (κ2) is 6.59. The molecule has 2 aromatic carbocycles. The number of ketones is 2. The maximum Gasteiger partial charge on any atom is 0.417 e. The first-order chi connectivity index (χ1) is 11.5. The molecule has 24 heavy (non-hydrogen) atoms. The van der Waals surface area contributed by atoms with Gasteiger partial charge in [0.25, 0.3) is 0 Å². The molecule has 1 amide bonds. The van der Waals surface area contributed by atoms with Crippen LogP contribution in [-0.4, -0.2) is 17.7 Å². The summed E-state index contributed by atoms with van der Waals surface area (Å²) in [6, 6.07) is 12.8. The van der Waals surface area contributed by atoms with Gasteiger partial charge in [0.15, 0.2) is 0 Å². The number of hydrogen-bond donors (Lipinski definition) is 1. The van der Waals surface area contributed by atoms with Crippen LogP contribution in [0.4, 0.5) is 4.79 Å². The summed E-state index contributed by atoms with van der Waals surface area (Å²) in [6.07, 6.45) is -0.911. The van der Waals surface area contributed by atoms with Crippen LogP contribution in [0.1, 0.15) is 20.7 Å². The van der Waals surface area contributed by atoms with Gasteiger partial charge in [0.05, 0.1) is 0 Å². The van der Waals surface area contributed by atoms with Gasteiger partial charge in [-0.05, 0) is 24.3 Å². The highest BCUT2D eigenvalue weighted by atomic mass is 79.9. The van der Waals surface area contributed by atoms with E-state index in [1.165, 1.54) is 12.1 Å². The van der Waals surface area contributed by atoms with Gasteiger partial charge in [0.1, 0.15) is 16.5 Å². The Labute approximate surface area is 150 Å². The molecule has 0 radical (unpaired) electrons. The smallest absolute Gasteiger partial charge is 0.410 e. The van der Waals surface area contributed by atoms with Crippen molar-refractivity contribution in [3.8, 4) is 5.75 Å². The number of ether oxygens (including phenoxy) is 1. The molecule has 3 rings (SSSR count). The largest absolute Gasteiger partial charge is 0.417 e. The maximum atomic E-state index is 12.4. The summed E-state index contributed by atoms with van der Waals surface area (Å²) in [5.74, 6) is -0.781. The fourth-order valence-electron chi connectivity index (χ4n) is 2.19. The number of halogens is 2. The number of fused-ring (bicyclic) bond motifs is 1. The fraction of sp³-hybridized carbons (Fsp3) is 0. The summed E-state index contributed by atoms with van der Waals surface area (Å²) in [7, 11) is 0. The van der Waals surface area contributed by atoms with Crippen molar-refractivity contribution in [2.45, 2.75) is 0 Å². The maximum absolute atomic E-state index is 12.4. The third-order valence-corrected chi connectivity index (χ3v) is 4.20. The third kappa shape index (κ3) is 3.11. The van der Waals surface area contributed by atoms with E-state index in [0.717, 1.165) is 4.47 Å². The van der Waals surface area contributed by atoms with E-state index in [2.05, 4.69) is 21.2 Å². The predicted molar refractivity (Wildman–Crippen MR) is 91.3 cm³/mol. The third-order valence-electron chi connectivity index (χ3n) is 3.31. The molecular formula is C17H9BrClNO4. The minimum atomic E-state index is -0.911. The fourth-order valence-corrected chi connectivity index (χ4v) is 2.69. The van der Waals surface area contributed by atoms with E-state index in [4.69, 9.17) is 16.3 Å². The van der Waals surface area contributed by atoms with Crippen LogP contribution >= 0.6 is 27.5 Å². The Morgan fingerprint density at radius 2 is 1.54 bits per heavy atom. The number of carbonyl (C=O) groups excluding carboxylic acids is 3. The van der Waals surface area contributed by atoms with Crippen molar-refractivity contribution in [2.75, 3.05) is 0 Å². The molecule has 0 bridgehead atoms. The van der Waals surface area contributed by atoms with Crippen molar-refractivity contribution in [2.24, 2.45) is 0 Å². The van der Waals surface area contributed by atoms with Gasteiger partial charge in [-0.1, -0.05) is 51.8 Å². The molecule has 120 valence electrons. The molecule has 0 aromatic heterocycles. The summed E-state index contributed by atoms with van der Waals surface area (Å²) in [4.78, 5) is 36.6. The molecule has 0 atom stereocenters. The molecule has 1 aliphatic carbocycles. The van der Waals surface area contributed by atoms with Gasteiger partial charge >= 0.3 is 6.09 Å². The van der Waals surface area contributed by atoms with Crippen LogP contribution in [0.2, 0.25) is 0 Å². The Morgan fingerprint density at radius 3 is 2.17 bits per heavy atom. The molecule has 0 saturated heterocycles. The van der Waals surface area contributed by atoms with E-state index in [1.807, 2.05) is 0 Å². The van der Waals surface area contributed by atoms with Gasteiger partial charge in [-0.15, -0.1) is 0 Å². The van der Waals surface area contributed by atoms with Crippen LogP contribution in [0.25, 0.3) is 0 Å². The van der Waals surface area contributed by atoms with Crippen molar-refractivity contribution in [3.05, 3.63) is 74.9 Å². The van der Waals surface area contributed by atoms with Gasteiger partial charge < -0.3 is 4.74 Å². The minimum Gasteiger partial charge on any atom is -0.410 e. The molecule has 0 saturated carbocycles. The van der Waals surface area contributed by atoms with Gasteiger partial charge in [0, 0.05) is 15.6 Å². The van der Waals surface area contributed by atoms with E-state index in [-0.39, 0.29) is 27.6 Å². The zero-order valence-electron chi connectivity index (χ0n) is 12.0. The Morgan fingerprint density at radius 1 is 0.958 bits per heavy atom. The molecule has 0 aliphatic heterocycles. The van der Waals surface area contributed by atoms with Crippen LogP contribution in [0, 0.1) is 0 Å². The van der Waals surface area contributed by atoms with E-state index in [0.29, 0.717) is 0 Å². The summed E-state index contributed by atoms with van der Waals surface area (Å²) in [5.41, 5.74) is 0.104. The number of rotatable bonds is 2. The first kappa shape index (κ1) is 16.4. The van der Waals surface area contributed by atoms with Crippen molar-refractivity contribution >= 4 is 45.2 Å². The average molecular weight is 407 g/mol. The van der Waals surface area contributed by atoms with Crippen LogP contribution < -0.4 is 10.1 Å². The number of nitrogens with one attached hydrogen (secondary N) is 1. The van der Waals surface area contributed by atoms with E-state index in [1.54, 1.807) is 36.4 Å². The topological polar surface area (TPSA) is 72.5 Å². The molecular weight excluding hydrogens is 398 g/mol. The number of allylic oxidation sites excluding steroid dienone is 2. The number of hydrogen-bond acceptors (Lipinski definition) is 4. The van der Waals surface area contributed by atoms with Crippen molar-refractivity contribution in [3.63, 3.8) is 0 Å². The first-order valence-electron chi connectivity index (χ1n) is 6.80. The minimum absolute atomic E-state index is 0.186. The Balaban J connectivity index is 1.83. The molecule has 0 spiro atoms. The Bertz CT molecular complexity index is 890. The second-order valence-electron chi connectivity index (χ2n) is 4.86. The van der Waals surface area contributed by atoms with Crippen LogP contribution in [-0.2, 0) is 0 Å². The molecule has 0 unspecified atom stereocenters. The summed E-state index contributed by atoms with van der Waals surface area (Å²) in [6.45, 7) is 0. The highest BCUT2D eigenvalue weighted by Crippen LogP contribution is 2.27.